The molecular weight excluding hydrogens is 701 g/mol. The Morgan fingerprint density at radius 3 is 1.71 bits per heavy atom. The van der Waals surface area contributed by atoms with E-state index in [-0.39, 0.29) is 0 Å². The van der Waals surface area contributed by atoms with Gasteiger partial charge in [0.25, 0.3) is 0 Å². The molecule has 5 heteroatoms. The van der Waals surface area contributed by atoms with Gasteiger partial charge >= 0.3 is 0 Å². The van der Waals surface area contributed by atoms with E-state index in [1.165, 1.54) is 30.9 Å². The van der Waals surface area contributed by atoms with Gasteiger partial charge < -0.3 is 4.57 Å². The van der Waals surface area contributed by atoms with Gasteiger partial charge in [-0.3, -0.25) is 0 Å². The Balaban J connectivity index is 1.21. The van der Waals surface area contributed by atoms with Crippen LogP contribution >= 0.6 is 11.3 Å². The number of benzene rings is 8. The molecule has 0 amide bonds. The van der Waals surface area contributed by atoms with Crippen LogP contribution in [0, 0.1) is 0 Å². The van der Waals surface area contributed by atoms with E-state index in [1.54, 1.807) is 0 Å². The summed E-state index contributed by atoms with van der Waals surface area (Å²) < 4.78 is 4.95. The van der Waals surface area contributed by atoms with Crippen LogP contribution in [-0.4, -0.2) is 19.5 Å². The minimum absolute atomic E-state index is 0.619. The van der Waals surface area contributed by atoms with E-state index in [1.807, 2.05) is 35.6 Å². The van der Waals surface area contributed by atoms with Gasteiger partial charge in [0.2, 0.25) is 0 Å². The normalized spacial score (nSPS) is 11.6. The maximum absolute atomic E-state index is 5.28. The van der Waals surface area contributed by atoms with E-state index in [9.17, 15) is 0 Å². The van der Waals surface area contributed by atoms with Crippen molar-refractivity contribution in [2.45, 2.75) is 0 Å². The molecule has 0 bridgehead atoms. The highest BCUT2D eigenvalue weighted by molar-refractivity contribution is 7.25. The zero-order valence-corrected chi connectivity index (χ0v) is 31.0. The number of aromatic nitrogens is 4. The Kier molecular flexibility index (Phi) is 7.64. The number of thiophene rings is 1. The Morgan fingerprint density at radius 2 is 0.929 bits per heavy atom. The minimum atomic E-state index is 0.619. The summed E-state index contributed by atoms with van der Waals surface area (Å²) >= 11 is 1.84. The zero-order valence-electron chi connectivity index (χ0n) is 30.2. The van der Waals surface area contributed by atoms with Crippen LogP contribution in [0.1, 0.15) is 0 Å². The summed E-state index contributed by atoms with van der Waals surface area (Å²) in [6.45, 7) is 0. The van der Waals surface area contributed by atoms with Crippen molar-refractivity contribution < 1.29 is 0 Å². The molecule has 3 aromatic heterocycles. The Labute approximate surface area is 327 Å². The Bertz CT molecular complexity index is 3240. The van der Waals surface area contributed by atoms with E-state index in [4.69, 9.17) is 15.0 Å². The summed E-state index contributed by atoms with van der Waals surface area (Å²) in [7, 11) is 0. The van der Waals surface area contributed by atoms with Crippen molar-refractivity contribution in [3.8, 4) is 62.1 Å². The first-order valence-corrected chi connectivity index (χ1v) is 19.6. The number of hydrogen-bond acceptors (Lipinski definition) is 4. The number of hydrogen-bond donors (Lipinski definition) is 0. The van der Waals surface area contributed by atoms with Crippen molar-refractivity contribution in [2.24, 2.45) is 0 Å². The summed E-state index contributed by atoms with van der Waals surface area (Å²) in [5.41, 5.74) is 10.7. The van der Waals surface area contributed by atoms with E-state index in [0.717, 1.165) is 55.7 Å². The zero-order chi connectivity index (χ0) is 37.0. The lowest BCUT2D eigenvalue weighted by Crippen LogP contribution is -2.01. The van der Waals surface area contributed by atoms with Crippen molar-refractivity contribution in [3.63, 3.8) is 0 Å². The van der Waals surface area contributed by atoms with Gasteiger partial charge in [0.15, 0.2) is 17.5 Å². The molecule has 0 radical (unpaired) electrons. The van der Waals surface area contributed by atoms with Gasteiger partial charge in [0.1, 0.15) is 0 Å². The van der Waals surface area contributed by atoms with Crippen LogP contribution < -0.4 is 0 Å². The molecule has 11 aromatic rings. The van der Waals surface area contributed by atoms with Crippen LogP contribution in [-0.2, 0) is 0 Å². The van der Waals surface area contributed by atoms with Crippen molar-refractivity contribution >= 4 is 53.3 Å². The molecule has 0 aliphatic rings. The molecule has 0 unspecified atom stereocenters. The first-order chi connectivity index (χ1) is 27.7. The first-order valence-electron chi connectivity index (χ1n) is 18.8. The number of rotatable bonds is 6. The van der Waals surface area contributed by atoms with Gasteiger partial charge in [0, 0.05) is 53.3 Å². The lowest BCUT2D eigenvalue weighted by Gasteiger charge is -2.13. The Morgan fingerprint density at radius 1 is 0.339 bits per heavy atom. The quantitative estimate of drug-likeness (QED) is 0.171. The number of nitrogens with zero attached hydrogens (tertiary/aromatic N) is 4. The van der Waals surface area contributed by atoms with Crippen LogP contribution in [0.4, 0.5) is 0 Å². The van der Waals surface area contributed by atoms with Crippen molar-refractivity contribution in [3.05, 3.63) is 194 Å². The highest BCUT2D eigenvalue weighted by Gasteiger charge is 2.21. The molecule has 0 spiro atoms. The van der Waals surface area contributed by atoms with Gasteiger partial charge in [-0.25, -0.2) is 15.0 Å². The molecule has 262 valence electrons. The number of para-hydroxylation sites is 2. The Hall–Kier alpha value is -7.21. The van der Waals surface area contributed by atoms with Crippen LogP contribution in [0.25, 0.3) is 104 Å². The van der Waals surface area contributed by atoms with Crippen molar-refractivity contribution in [1.29, 1.82) is 0 Å². The molecule has 0 fully saturated rings. The van der Waals surface area contributed by atoms with Crippen molar-refractivity contribution in [1.82, 2.24) is 19.5 Å². The smallest absolute Gasteiger partial charge is 0.164 e. The maximum Gasteiger partial charge on any atom is 0.164 e. The molecular formula is C51H32N4S. The molecule has 0 aliphatic carbocycles. The highest BCUT2D eigenvalue weighted by Crippen LogP contribution is 2.43. The van der Waals surface area contributed by atoms with Gasteiger partial charge in [0.05, 0.1) is 11.0 Å². The third-order valence-corrected chi connectivity index (χ3v) is 11.8. The lowest BCUT2D eigenvalue weighted by atomic mass is 9.95. The summed E-state index contributed by atoms with van der Waals surface area (Å²) in [4.78, 5) is 15.6. The molecule has 11 rings (SSSR count). The lowest BCUT2D eigenvalue weighted by molar-refractivity contribution is 1.07. The second kappa shape index (κ2) is 13.3. The largest absolute Gasteiger partial charge is 0.309 e. The van der Waals surface area contributed by atoms with Crippen LogP contribution in [0.15, 0.2) is 194 Å². The molecule has 0 saturated carbocycles. The number of fused-ring (bicyclic) bond motifs is 6. The third kappa shape index (κ3) is 5.48. The predicted molar refractivity (Wildman–Crippen MR) is 234 cm³/mol. The van der Waals surface area contributed by atoms with Gasteiger partial charge in [-0.1, -0.05) is 140 Å². The first kappa shape index (κ1) is 32.2. The van der Waals surface area contributed by atoms with Crippen LogP contribution in [0.5, 0.6) is 0 Å². The average Bonchev–Trinajstić information content (AvgIpc) is 3.82. The minimum Gasteiger partial charge on any atom is -0.309 e. The van der Waals surface area contributed by atoms with Gasteiger partial charge in [-0.2, -0.15) is 0 Å². The van der Waals surface area contributed by atoms with Gasteiger partial charge in [-0.05, 0) is 76.9 Å². The average molecular weight is 733 g/mol. The van der Waals surface area contributed by atoms with E-state index in [0.29, 0.717) is 17.5 Å². The molecule has 8 aromatic carbocycles. The maximum atomic E-state index is 5.28. The SMILES string of the molecule is c1ccc(-c2cccc(-c3nc(-c4ccccc4)nc(-c4cc(-c5ccc6sc7ccccc7c6c5)c5c6ccccc6n(-c6ccccc6)c5c4)n3)c2)cc1. The highest BCUT2D eigenvalue weighted by atomic mass is 32.1. The van der Waals surface area contributed by atoms with Gasteiger partial charge in [-0.15, -0.1) is 11.3 Å². The molecule has 4 nitrogen and oxygen atoms in total. The molecule has 0 saturated heterocycles. The monoisotopic (exact) mass is 732 g/mol. The van der Waals surface area contributed by atoms with Crippen molar-refractivity contribution in [2.75, 3.05) is 0 Å². The molecule has 0 atom stereocenters. The predicted octanol–water partition coefficient (Wildman–Crippen LogP) is 13.7. The van der Waals surface area contributed by atoms with Crippen LogP contribution in [0.2, 0.25) is 0 Å². The summed E-state index contributed by atoms with van der Waals surface area (Å²) in [6, 6.07) is 68.6. The topological polar surface area (TPSA) is 43.6 Å². The van der Waals surface area contributed by atoms with E-state index >= 15 is 0 Å². The molecule has 0 N–H and O–H groups in total. The molecule has 0 aliphatic heterocycles. The second-order valence-electron chi connectivity index (χ2n) is 14.0. The summed E-state index contributed by atoms with van der Waals surface area (Å²) in [5.74, 6) is 1.88. The molecule has 3 heterocycles. The summed E-state index contributed by atoms with van der Waals surface area (Å²) in [6.07, 6.45) is 0. The fourth-order valence-corrected chi connectivity index (χ4v) is 9.11. The summed E-state index contributed by atoms with van der Waals surface area (Å²) in [5, 5.41) is 4.93. The van der Waals surface area contributed by atoms with Crippen LogP contribution in [0.3, 0.4) is 0 Å². The fourth-order valence-electron chi connectivity index (χ4n) is 8.02. The fraction of sp³-hybridized carbons (Fsp3) is 0. The van der Waals surface area contributed by atoms with E-state index < -0.39 is 0 Å². The molecule has 56 heavy (non-hydrogen) atoms. The van der Waals surface area contributed by atoms with E-state index in [2.05, 4.69) is 174 Å². The standard InChI is InChI=1S/C51H32N4S/c1-4-15-33(16-5-1)35-19-14-20-37(29-35)50-52-49(34-17-6-2-7-18-34)53-51(54-50)38-31-42(36-27-28-47-43(30-36)40-23-11-13-26-46(40)56-47)48-41-24-10-12-25-44(41)55(45(48)32-38)39-21-8-3-9-22-39/h1-32H. The third-order valence-electron chi connectivity index (χ3n) is 10.6. The second-order valence-corrected chi connectivity index (χ2v) is 15.1.